The van der Waals surface area contributed by atoms with Crippen molar-refractivity contribution in [3.63, 3.8) is 0 Å². The van der Waals surface area contributed by atoms with E-state index in [1.165, 1.54) is 6.92 Å². The highest BCUT2D eigenvalue weighted by Crippen LogP contribution is 2.42. The number of Topliss-reactive ketones (excluding diaryl/α,β-unsaturated/α-hetero) is 1. The van der Waals surface area contributed by atoms with Crippen molar-refractivity contribution >= 4 is 17.7 Å². The first-order valence-electron chi connectivity index (χ1n) is 9.62. The molecule has 1 aromatic carbocycles. The van der Waals surface area contributed by atoms with Crippen LogP contribution in [0.25, 0.3) is 0 Å². The fourth-order valence-corrected chi connectivity index (χ4v) is 3.75. The third kappa shape index (κ3) is 4.01. The number of rotatable bonds is 5. The predicted octanol–water partition coefficient (Wildman–Crippen LogP) is 3.53. The Kier molecular flexibility index (Phi) is 5.97. The van der Waals surface area contributed by atoms with Gasteiger partial charge in [0.1, 0.15) is 5.75 Å². The van der Waals surface area contributed by atoms with Gasteiger partial charge in [-0.3, -0.25) is 9.59 Å². The first kappa shape index (κ1) is 19.9. The summed E-state index contributed by atoms with van der Waals surface area (Å²) in [6.07, 6.45) is 2.77. The van der Waals surface area contributed by atoms with Crippen LogP contribution in [-0.2, 0) is 19.1 Å². The molecule has 3 rings (SSSR count). The molecule has 0 bridgehead atoms. The highest BCUT2D eigenvalue weighted by molar-refractivity contribution is 6.03. The summed E-state index contributed by atoms with van der Waals surface area (Å²) in [7, 11) is 0. The number of dihydropyridines is 1. The van der Waals surface area contributed by atoms with Gasteiger partial charge in [0, 0.05) is 36.2 Å². The summed E-state index contributed by atoms with van der Waals surface area (Å²) in [4.78, 5) is 36.8. The number of hydrogen-bond donors (Lipinski definition) is 1. The van der Waals surface area contributed by atoms with E-state index < -0.39 is 17.9 Å². The largest absolute Gasteiger partial charge is 0.462 e. The minimum absolute atomic E-state index is 0.0519. The number of ketones is 1. The van der Waals surface area contributed by atoms with Gasteiger partial charge in [-0.15, -0.1) is 0 Å². The zero-order valence-electron chi connectivity index (χ0n) is 16.5. The molecule has 0 saturated carbocycles. The van der Waals surface area contributed by atoms with Crippen molar-refractivity contribution in [3.8, 4) is 5.75 Å². The zero-order chi connectivity index (χ0) is 20.3. The van der Waals surface area contributed by atoms with Gasteiger partial charge in [-0.25, -0.2) is 4.79 Å². The van der Waals surface area contributed by atoms with Gasteiger partial charge in [-0.05, 0) is 43.9 Å². The second kappa shape index (κ2) is 8.42. The van der Waals surface area contributed by atoms with Crippen LogP contribution in [0.3, 0.4) is 0 Å². The van der Waals surface area contributed by atoms with Gasteiger partial charge < -0.3 is 14.8 Å². The fraction of sp³-hybridized carbons (Fsp3) is 0.409. The maximum absolute atomic E-state index is 12.8. The highest BCUT2D eigenvalue weighted by Gasteiger charge is 2.39. The van der Waals surface area contributed by atoms with Crippen molar-refractivity contribution in [3.05, 3.63) is 52.4 Å². The van der Waals surface area contributed by atoms with E-state index in [0.29, 0.717) is 35.6 Å². The number of allylic oxidation sites excluding steroid dienone is 3. The number of carbonyl (C=O) groups is 3. The Labute approximate surface area is 164 Å². The summed E-state index contributed by atoms with van der Waals surface area (Å²) >= 11 is 0. The quantitative estimate of drug-likeness (QED) is 0.619. The Morgan fingerprint density at radius 1 is 1.18 bits per heavy atom. The van der Waals surface area contributed by atoms with E-state index in [1.54, 1.807) is 24.3 Å². The lowest BCUT2D eigenvalue weighted by Gasteiger charge is -2.34. The number of carbonyl (C=O) groups excluding carboxylic acids is 3. The van der Waals surface area contributed by atoms with Crippen LogP contribution in [-0.4, -0.2) is 24.3 Å². The third-order valence-electron chi connectivity index (χ3n) is 4.91. The molecule has 148 valence electrons. The van der Waals surface area contributed by atoms with E-state index in [9.17, 15) is 14.4 Å². The molecular formula is C22H25NO5. The molecule has 28 heavy (non-hydrogen) atoms. The van der Waals surface area contributed by atoms with E-state index in [0.717, 1.165) is 30.5 Å². The van der Waals surface area contributed by atoms with Crippen LogP contribution in [0.1, 0.15) is 57.9 Å². The summed E-state index contributed by atoms with van der Waals surface area (Å²) in [5.74, 6) is -0.825. The number of esters is 2. The van der Waals surface area contributed by atoms with Crippen molar-refractivity contribution in [1.29, 1.82) is 0 Å². The second-order valence-corrected chi connectivity index (χ2v) is 7.06. The molecule has 1 N–H and O–H groups in total. The van der Waals surface area contributed by atoms with Crippen molar-refractivity contribution in [1.82, 2.24) is 5.32 Å². The maximum atomic E-state index is 12.8. The molecular weight excluding hydrogens is 358 g/mol. The van der Waals surface area contributed by atoms with Crippen LogP contribution in [0.4, 0.5) is 0 Å². The van der Waals surface area contributed by atoms with Gasteiger partial charge in [-0.1, -0.05) is 19.1 Å². The topological polar surface area (TPSA) is 81.7 Å². The molecule has 2 aliphatic rings. The van der Waals surface area contributed by atoms with Gasteiger partial charge in [0.25, 0.3) is 0 Å². The summed E-state index contributed by atoms with van der Waals surface area (Å²) in [6, 6.07) is 6.94. The van der Waals surface area contributed by atoms with Gasteiger partial charge in [0.05, 0.1) is 12.2 Å². The summed E-state index contributed by atoms with van der Waals surface area (Å²) in [5.41, 5.74) is 3.49. The average molecular weight is 383 g/mol. The smallest absolute Gasteiger partial charge is 0.336 e. The Balaban J connectivity index is 2.05. The van der Waals surface area contributed by atoms with E-state index in [-0.39, 0.29) is 5.78 Å². The molecule has 6 nitrogen and oxygen atoms in total. The molecule has 0 saturated heterocycles. The van der Waals surface area contributed by atoms with Crippen LogP contribution < -0.4 is 10.1 Å². The molecule has 0 amide bonds. The molecule has 1 aliphatic carbocycles. The van der Waals surface area contributed by atoms with Crippen LogP contribution in [0.15, 0.2) is 46.8 Å². The SMILES string of the molecule is CCCOC(=O)C1=C(C)NC2=C(C(=O)CCC2)[C@H]1c1ccc(OC(C)=O)cc1. The van der Waals surface area contributed by atoms with Crippen LogP contribution >= 0.6 is 0 Å². The molecule has 6 heteroatoms. The average Bonchev–Trinajstić information content (AvgIpc) is 2.65. The number of ether oxygens (including phenoxy) is 2. The first-order valence-corrected chi connectivity index (χ1v) is 9.62. The van der Waals surface area contributed by atoms with Crippen molar-refractivity contribution in [2.45, 2.75) is 52.4 Å². The fourth-order valence-electron chi connectivity index (χ4n) is 3.75. The summed E-state index contributed by atoms with van der Waals surface area (Å²) < 4.78 is 10.5. The Morgan fingerprint density at radius 3 is 2.54 bits per heavy atom. The van der Waals surface area contributed by atoms with E-state index in [4.69, 9.17) is 9.47 Å². The van der Waals surface area contributed by atoms with E-state index >= 15 is 0 Å². The van der Waals surface area contributed by atoms with Gasteiger partial charge >= 0.3 is 11.9 Å². The normalized spacial score (nSPS) is 19.1. The van der Waals surface area contributed by atoms with Crippen LogP contribution in [0.5, 0.6) is 5.75 Å². The standard InChI is InChI=1S/C22H25NO5/c1-4-12-27-22(26)19-13(2)23-17-6-5-7-18(25)21(17)20(19)15-8-10-16(11-9-15)28-14(3)24/h8-11,20,23H,4-7,12H2,1-3H3/t20-/m0/s1. The zero-order valence-corrected chi connectivity index (χ0v) is 16.5. The predicted molar refractivity (Wildman–Crippen MR) is 103 cm³/mol. The van der Waals surface area contributed by atoms with Crippen molar-refractivity contribution in [2.75, 3.05) is 6.61 Å². The third-order valence-corrected chi connectivity index (χ3v) is 4.91. The monoisotopic (exact) mass is 383 g/mol. The maximum Gasteiger partial charge on any atom is 0.336 e. The minimum atomic E-state index is -0.486. The molecule has 0 unspecified atom stereocenters. The Hall–Kier alpha value is -2.89. The second-order valence-electron chi connectivity index (χ2n) is 7.06. The van der Waals surface area contributed by atoms with Crippen molar-refractivity contribution < 1.29 is 23.9 Å². The molecule has 0 fully saturated rings. The number of hydrogen-bond acceptors (Lipinski definition) is 6. The number of benzene rings is 1. The highest BCUT2D eigenvalue weighted by atomic mass is 16.5. The van der Waals surface area contributed by atoms with Crippen LogP contribution in [0, 0.1) is 0 Å². The van der Waals surface area contributed by atoms with Crippen molar-refractivity contribution in [2.24, 2.45) is 0 Å². The molecule has 1 aromatic rings. The molecule has 1 heterocycles. The molecule has 1 aliphatic heterocycles. The Bertz CT molecular complexity index is 863. The van der Waals surface area contributed by atoms with Gasteiger partial charge in [-0.2, -0.15) is 0 Å². The lowest BCUT2D eigenvalue weighted by molar-refractivity contribution is -0.139. The molecule has 0 aromatic heterocycles. The number of nitrogens with one attached hydrogen (secondary N) is 1. The summed E-state index contributed by atoms with van der Waals surface area (Å²) in [6.45, 7) is 5.44. The van der Waals surface area contributed by atoms with Gasteiger partial charge in [0.15, 0.2) is 5.78 Å². The lowest BCUT2D eigenvalue weighted by atomic mass is 9.75. The minimum Gasteiger partial charge on any atom is -0.462 e. The molecule has 0 spiro atoms. The molecule has 1 atom stereocenters. The lowest BCUT2D eigenvalue weighted by Crippen LogP contribution is -2.34. The Morgan fingerprint density at radius 2 is 1.89 bits per heavy atom. The van der Waals surface area contributed by atoms with Crippen LogP contribution in [0.2, 0.25) is 0 Å². The summed E-state index contributed by atoms with van der Waals surface area (Å²) in [5, 5.41) is 3.26. The first-order chi connectivity index (χ1) is 13.4. The molecule has 0 radical (unpaired) electrons. The van der Waals surface area contributed by atoms with Gasteiger partial charge in [0.2, 0.25) is 0 Å². The van der Waals surface area contributed by atoms with E-state index in [1.807, 2.05) is 13.8 Å². The van der Waals surface area contributed by atoms with E-state index in [2.05, 4.69) is 5.32 Å².